The molecule has 0 saturated heterocycles. The van der Waals surface area contributed by atoms with Crippen LogP contribution in [0.2, 0.25) is 0 Å². The average molecular weight is 357 g/mol. The molecule has 0 radical (unpaired) electrons. The van der Waals surface area contributed by atoms with Gasteiger partial charge in [-0.1, -0.05) is 6.07 Å². The van der Waals surface area contributed by atoms with Crippen molar-refractivity contribution in [2.45, 2.75) is 13.8 Å². The average Bonchev–Trinajstić information content (AvgIpc) is 2.66. The number of carbonyl (C=O) groups excluding carboxylic acids is 2. The van der Waals surface area contributed by atoms with E-state index in [2.05, 4.69) is 5.32 Å². The summed E-state index contributed by atoms with van der Waals surface area (Å²) in [4.78, 5) is 23.7. The predicted molar refractivity (Wildman–Crippen MR) is 97.7 cm³/mol. The van der Waals surface area contributed by atoms with Crippen LogP contribution in [0.1, 0.15) is 21.5 Å². The maximum atomic E-state index is 12.0. The number of esters is 1. The van der Waals surface area contributed by atoms with Gasteiger partial charge in [-0.15, -0.1) is 0 Å². The minimum atomic E-state index is -0.513. The monoisotopic (exact) mass is 357 g/mol. The molecule has 138 valence electrons. The normalized spacial score (nSPS) is 10.1. The highest BCUT2D eigenvalue weighted by Gasteiger charge is 2.09. The van der Waals surface area contributed by atoms with Crippen LogP contribution in [0.5, 0.6) is 11.5 Å². The van der Waals surface area contributed by atoms with Crippen LogP contribution in [-0.2, 0) is 9.53 Å². The van der Waals surface area contributed by atoms with Crippen LogP contribution in [0.3, 0.4) is 0 Å². The number of ether oxygens (including phenoxy) is 3. The van der Waals surface area contributed by atoms with Gasteiger partial charge in [0.2, 0.25) is 0 Å². The molecule has 1 amide bonds. The summed E-state index contributed by atoms with van der Waals surface area (Å²) in [6.45, 7) is 4.05. The molecule has 6 heteroatoms. The second-order valence-corrected chi connectivity index (χ2v) is 5.73. The molecule has 0 heterocycles. The smallest absolute Gasteiger partial charge is 0.325 e. The Kier molecular flexibility index (Phi) is 7.02. The molecule has 26 heavy (non-hydrogen) atoms. The van der Waals surface area contributed by atoms with Gasteiger partial charge < -0.3 is 19.5 Å². The Labute approximate surface area is 153 Å². The molecule has 0 unspecified atom stereocenters. The Morgan fingerprint density at radius 1 is 0.923 bits per heavy atom. The van der Waals surface area contributed by atoms with Crippen molar-refractivity contribution in [1.82, 2.24) is 5.32 Å². The van der Waals surface area contributed by atoms with Crippen molar-refractivity contribution in [2.75, 3.05) is 26.9 Å². The molecular formula is C20H23NO5. The summed E-state index contributed by atoms with van der Waals surface area (Å²) in [6.07, 6.45) is 0. The van der Waals surface area contributed by atoms with Crippen molar-refractivity contribution in [3.63, 3.8) is 0 Å². The summed E-state index contributed by atoms with van der Waals surface area (Å²) >= 11 is 0. The van der Waals surface area contributed by atoms with E-state index in [1.54, 1.807) is 43.5 Å². The van der Waals surface area contributed by atoms with E-state index in [-0.39, 0.29) is 25.7 Å². The van der Waals surface area contributed by atoms with E-state index in [0.717, 1.165) is 16.9 Å². The SMILES string of the molecule is COc1ccc(OCCOC(=O)CNC(=O)c2ccc(C)c(C)c2)cc1. The number of carbonyl (C=O) groups is 2. The highest BCUT2D eigenvalue weighted by atomic mass is 16.6. The van der Waals surface area contributed by atoms with Gasteiger partial charge >= 0.3 is 5.97 Å². The van der Waals surface area contributed by atoms with E-state index in [9.17, 15) is 9.59 Å². The quantitative estimate of drug-likeness (QED) is 0.581. The first kappa shape index (κ1) is 19.3. The molecule has 0 fully saturated rings. The van der Waals surface area contributed by atoms with Crippen LogP contribution in [0.4, 0.5) is 0 Å². The number of methoxy groups -OCH3 is 1. The first-order valence-corrected chi connectivity index (χ1v) is 8.27. The Morgan fingerprint density at radius 2 is 1.62 bits per heavy atom. The molecule has 2 aromatic rings. The lowest BCUT2D eigenvalue weighted by Crippen LogP contribution is -2.31. The maximum absolute atomic E-state index is 12.0. The van der Waals surface area contributed by atoms with Crippen molar-refractivity contribution in [1.29, 1.82) is 0 Å². The largest absolute Gasteiger partial charge is 0.497 e. The lowest BCUT2D eigenvalue weighted by atomic mass is 10.1. The number of hydrogen-bond donors (Lipinski definition) is 1. The van der Waals surface area contributed by atoms with Gasteiger partial charge in [-0.25, -0.2) is 0 Å². The van der Waals surface area contributed by atoms with E-state index in [4.69, 9.17) is 14.2 Å². The van der Waals surface area contributed by atoms with Crippen LogP contribution < -0.4 is 14.8 Å². The van der Waals surface area contributed by atoms with Crippen LogP contribution in [0.25, 0.3) is 0 Å². The Balaban J connectivity index is 1.66. The van der Waals surface area contributed by atoms with Crippen molar-refractivity contribution in [3.05, 3.63) is 59.2 Å². The van der Waals surface area contributed by atoms with Gasteiger partial charge in [0.15, 0.2) is 0 Å². The number of benzene rings is 2. The van der Waals surface area contributed by atoms with Crippen molar-refractivity contribution >= 4 is 11.9 Å². The maximum Gasteiger partial charge on any atom is 0.325 e. The third-order valence-corrected chi connectivity index (χ3v) is 3.84. The van der Waals surface area contributed by atoms with Crippen molar-refractivity contribution in [3.8, 4) is 11.5 Å². The summed E-state index contributed by atoms with van der Waals surface area (Å²) in [7, 11) is 1.59. The molecule has 2 aromatic carbocycles. The topological polar surface area (TPSA) is 73.9 Å². The van der Waals surface area contributed by atoms with Gasteiger partial charge in [0.25, 0.3) is 5.91 Å². The summed E-state index contributed by atoms with van der Waals surface area (Å²) in [5.74, 6) is 0.577. The zero-order valence-corrected chi connectivity index (χ0v) is 15.2. The zero-order chi connectivity index (χ0) is 18.9. The second-order valence-electron chi connectivity index (χ2n) is 5.73. The number of aryl methyl sites for hydroxylation is 2. The first-order valence-electron chi connectivity index (χ1n) is 8.27. The first-order chi connectivity index (χ1) is 12.5. The fourth-order valence-corrected chi connectivity index (χ4v) is 2.18. The van der Waals surface area contributed by atoms with Crippen LogP contribution in [0, 0.1) is 13.8 Å². The third-order valence-electron chi connectivity index (χ3n) is 3.84. The summed E-state index contributed by atoms with van der Waals surface area (Å²) in [6, 6.07) is 12.5. The molecule has 0 aliphatic carbocycles. The second kappa shape index (κ2) is 9.46. The molecule has 0 aliphatic rings. The van der Waals surface area contributed by atoms with E-state index in [0.29, 0.717) is 11.3 Å². The van der Waals surface area contributed by atoms with Gasteiger partial charge in [-0.3, -0.25) is 9.59 Å². The lowest BCUT2D eigenvalue weighted by Gasteiger charge is -2.09. The molecule has 1 N–H and O–H groups in total. The third kappa shape index (κ3) is 5.81. The molecular weight excluding hydrogens is 334 g/mol. The van der Waals surface area contributed by atoms with E-state index < -0.39 is 5.97 Å². The molecule has 0 aliphatic heterocycles. The number of rotatable bonds is 8. The Morgan fingerprint density at radius 3 is 2.27 bits per heavy atom. The predicted octanol–water partition coefficient (Wildman–Crippen LogP) is 2.66. The fourth-order valence-electron chi connectivity index (χ4n) is 2.18. The molecule has 0 aromatic heterocycles. The van der Waals surface area contributed by atoms with Crippen LogP contribution in [0.15, 0.2) is 42.5 Å². The number of hydrogen-bond acceptors (Lipinski definition) is 5. The summed E-state index contributed by atoms with van der Waals surface area (Å²) < 4.78 is 15.5. The molecule has 0 bridgehead atoms. The molecule has 6 nitrogen and oxygen atoms in total. The van der Waals surface area contributed by atoms with Crippen molar-refractivity contribution in [2.24, 2.45) is 0 Å². The Hall–Kier alpha value is -3.02. The summed E-state index contributed by atoms with van der Waals surface area (Å²) in [5, 5.41) is 2.55. The van der Waals surface area contributed by atoms with Gasteiger partial charge in [0.1, 0.15) is 31.3 Å². The molecule has 0 atom stereocenters. The van der Waals surface area contributed by atoms with Crippen molar-refractivity contribution < 1.29 is 23.8 Å². The minimum absolute atomic E-state index is 0.102. The van der Waals surface area contributed by atoms with E-state index >= 15 is 0 Å². The van der Waals surface area contributed by atoms with E-state index in [1.165, 1.54) is 0 Å². The standard InChI is InChI=1S/C20H23NO5/c1-14-4-5-16(12-15(14)2)20(23)21-13-19(22)26-11-10-25-18-8-6-17(24-3)7-9-18/h4-9,12H,10-11,13H2,1-3H3,(H,21,23). The fraction of sp³-hybridized carbons (Fsp3) is 0.300. The van der Waals surface area contributed by atoms with Gasteiger partial charge in [-0.2, -0.15) is 0 Å². The molecule has 2 rings (SSSR count). The molecule has 0 spiro atoms. The highest BCUT2D eigenvalue weighted by molar-refractivity contribution is 5.96. The van der Waals surface area contributed by atoms with Gasteiger partial charge in [0.05, 0.1) is 7.11 Å². The minimum Gasteiger partial charge on any atom is -0.497 e. The number of amides is 1. The lowest BCUT2D eigenvalue weighted by molar-refractivity contribution is -0.143. The summed E-state index contributed by atoms with van der Waals surface area (Å²) in [5.41, 5.74) is 2.65. The Bertz CT molecular complexity index is 755. The highest BCUT2D eigenvalue weighted by Crippen LogP contribution is 2.16. The molecule has 0 saturated carbocycles. The van der Waals surface area contributed by atoms with Crippen LogP contribution in [-0.4, -0.2) is 38.7 Å². The number of nitrogens with one attached hydrogen (secondary N) is 1. The van der Waals surface area contributed by atoms with E-state index in [1.807, 2.05) is 19.9 Å². The van der Waals surface area contributed by atoms with Gasteiger partial charge in [-0.05, 0) is 61.4 Å². The van der Waals surface area contributed by atoms with Crippen LogP contribution >= 0.6 is 0 Å². The van der Waals surface area contributed by atoms with Gasteiger partial charge in [0, 0.05) is 5.56 Å². The zero-order valence-electron chi connectivity index (χ0n) is 15.2.